The van der Waals surface area contributed by atoms with E-state index in [2.05, 4.69) is 40.9 Å². The number of nitrogens with zero attached hydrogens (tertiary/aromatic N) is 8. The Morgan fingerprint density at radius 2 is 1.22 bits per heavy atom. The summed E-state index contributed by atoms with van der Waals surface area (Å²) < 4.78 is 103. The minimum absolute atomic E-state index is 0.0593. The number of aromatic amines is 1. The van der Waals surface area contributed by atoms with Crippen LogP contribution < -0.4 is 0 Å². The largest absolute Gasteiger partial charge is 0.505 e. The van der Waals surface area contributed by atoms with Gasteiger partial charge in [-0.25, -0.2) is 9.89 Å². The highest BCUT2D eigenvalue weighted by Gasteiger charge is 2.29. The van der Waals surface area contributed by atoms with Crippen LogP contribution in [0.1, 0.15) is 16.1 Å². The van der Waals surface area contributed by atoms with Crippen molar-refractivity contribution in [3.63, 3.8) is 0 Å². The number of aromatic hydroxyl groups is 3. The molecule has 286 valence electrons. The van der Waals surface area contributed by atoms with Crippen molar-refractivity contribution in [3.05, 3.63) is 69.9 Å². The summed E-state index contributed by atoms with van der Waals surface area (Å²) in [4.78, 5) is 18.3. The molecule has 5 aromatic rings. The molecule has 1 heterocycles. The second kappa shape index (κ2) is 14.2. The zero-order chi connectivity index (χ0) is 40.8. The molecule has 0 aliphatic carbocycles. The highest BCUT2D eigenvalue weighted by Crippen LogP contribution is 2.50. The number of fused-ring (bicyclic) bond motifs is 1. The molecular formula is C27H19N9O16S3. The molecule has 0 atom stereocenters. The fraction of sp³-hybridized carbons (Fsp3) is 0.0370. The van der Waals surface area contributed by atoms with E-state index in [4.69, 9.17) is 0 Å². The maximum atomic E-state index is 12.4. The maximum Gasteiger partial charge on any atom is 0.338 e. The summed E-state index contributed by atoms with van der Waals surface area (Å²) >= 11 is 0. The molecule has 0 saturated carbocycles. The van der Waals surface area contributed by atoms with E-state index >= 15 is 0 Å². The smallest absolute Gasteiger partial charge is 0.338 e. The van der Waals surface area contributed by atoms with Crippen LogP contribution >= 0.6 is 0 Å². The van der Waals surface area contributed by atoms with Crippen molar-refractivity contribution in [2.75, 3.05) is 0 Å². The first-order chi connectivity index (χ1) is 25.5. The fourth-order valence-electron chi connectivity index (χ4n) is 4.65. The third kappa shape index (κ3) is 8.07. The number of hydrogen-bond acceptors (Lipinski definition) is 19. The van der Waals surface area contributed by atoms with Gasteiger partial charge in [0, 0.05) is 12.1 Å². The number of nitrogens with one attached hydrogen (secondary N) is 1. The first-order valence-corrected chi connectivity index (χ1v) is 18.4. The monoisotopic (exact) mass is 821 g/mol. The van der Waals surface area contributed by atoms with Crippen LogP contribution in [0.15, 0.2) is 93.9 Å². The van der Waals surface area contributed by atoms with Crippen LogP contribution in [-0.2, 0) is 30.4 Å². The number of carbonyl (C=O) groups is 1. The number of carboxylic acids is 1. The van der Waals surface area contributed by atoms with Gasteiger partial charge in [0.2, 0.25) is 5.88 Å². The van der Waals surface area contributed by atoms with Crippen molar-refractivity contribution in [2.24, 2.45) is 30.7 Å². The van der Waals surface area contributed by atoms with Crippen LogP contribution in [0.2, 0.25) is 0 Å². The predicted octanol–water partition coefficient (Wildman–Crippen LogP) is 5.58. The van der Waals surface area contributed by atoms with E-state index in [1.54, 1.807) is 0 Å². The van der Waals surface area contributed by atoms with Gasteiger partial charge in [-0.3, -0.25) is 23.8 Å². The molecule has 0 amide bonds. The molecule has 28 heteroatoms. The number of phenolic OH excluding ortho intramolecular Hbond substituents is 2. The highest BCUT2D eigenvalue weighted by molar-refractivity contribution is 7.86. The first kappa shape index (κ1) is 39.4. The third-order valence-electron chi connectivity index (χ3n) is 7.13. The Morgan fingerprint density at radius 3 is 1.69 bits per heavy atom. The molecular weight excluding hydrogens is 803 g/mol. The van der Waals surface area contributed by atoms with Gasteiger partial charge in [-0.05, 0) is 48.7 Å². The van der Waals surface area contributed by atoms with Crippen LogP contribution in [-0.4, -0.2) is 80.4 Å². The third-order valence-corrected chi connectivity index (χ3v) is 9.74. The molecule has 0 unspecified atom stereocenters. The molecule has 25 nitrogen and oxygen atoms in total. The van der Waals surface area contributed by atoms with Gasteiger partial charge < -0.3 is 20.4 Å². The Morgan fingerprint density at radius 1 is 0.709 bits per heavy atom. The Bertz CT molecular complexity index is 2890. The summed E-state index contributed by atoms with van der Waals surface area (Å²) in [5.41, 5.74) is -5.13. The minimum Gasteiger partial charge on any atom is -0.505 e. The summed E-state index contributed by atoms with van der Waals surface area (Å²) in [6.45, 7) is 1.49. The summed E-state index contributed by atoms with van der Waals surface area (Å²) in [7, 11) is -16.1. The molecule has 0 fully saturated rings. The number of benzene rings is 4. The topological polar surface area (TPSA) is 407 Å². The number of phenols is 2. The van der Waals surface area contributed by atoms with E-state index in [1.807, 2.05) is 0 Å². The van der Waals surface area contributed by atoms with Gasteiger partial charge in [-0.15, -0.1) is 25.6 Å². The number of nitro benzene ring substituents is 1. The number of non-ortho nitro benzene ring substituents is 1. The average molecular weight is 822 g/mol. The van der Waals surface area contributed by atoms with Crippen molar-refractivity contribution in [1.82, 2.24) is 10.2 Å². The van der Waals surface area contributed by atoms with Gasteiger partial charge in [-0.2, -0.15) is 35.5 Å². The lowest BCUT2D eigenvalue weighted by atomic mass is 10.1. The van der Waals surface area contributed by atoms with E-state index in [1.165, 1.54) is 13.0 Å². The quantitative estimate of drug-likeness (QED) is 0.0348. The van der Waals surface area contributed by atoms with Crippen molar-refractivity contribution in [1.29, 1.82) is 0 Å². The van der Waals surface area contributed by atoms with E-state index in [0.29, 0.717) is 30.3 Å². The van der Waals surface area contributed by atoms with Gasteiger partial charge in [0.05, 0.1) is 27.3 Å². The number of aromatic nitrogens is 2. The van der Waals surface area contributed by atoms with Crippen molar-refractivity contribution >= 4 is 86.9 Å². The Kier molecular flexibility index (Phi) is 10.1. The Labute approximate surface area is 305 Å². The van der Waals surface area contributed by atoms with Gasteiger partial charge in [0.1, 0.15) is 37.4 Å². The molecule has 0 saturated heterocycles. The van der Waals surface area contributed by atoms with Gasteiger partial charge >= 0.3 is 5.97 Å². The number of aromatic carboxylic acids is 1. The Balaban J connectivity index is 1.71. The molecule has 4 aromatic carbocycles. The normalized spacial score (nSPS) is 12.7. The molecule has 0 bridgehead atoms. The molecule has 0 radical (unpaired) electrons. The van der Waals surface area contributed by atoms with E-state index < -0.39 is 118 Å². The highest BCUT2D eigenvalue weighted by atomic mass is 32.2. The number of azo groups is 3. The van der Waals surface area contributed by atoms with Gasteiger partial charge in [0.25, 0.3) is 36.0 Å². The van der Waals surface area contributed by atoms with Gasteiger partial charge in [-0.1, -0.05) is 0 Å². The van der Waals surface area contributed by atoms with Crippen LogP contribution in [0.4, 0.5) is 39.8 Å². The van der Waals surface area contributed by atoms with E-state index in [0.717, 1.165) is 12.1 Å². The molecule has 5 rings (SSSR count). The van der Waals surface area contributed by atoms with E-state index in [-0.39, 0.29) is 17.1 Å². The number of rotatable bonds is 11. The van der Waals surface area contributed by atoms with Crippen molar-refractivity contribution < 1.29 is 69.1 Å². The first-order valence-electron chi connectivity index (χ1n) is 14.1. The lowest BCUT2D eigenvalue weighted by Gasteiger charge is -2.13. The SMILES string of the molecule is Cc1n[nH]c(O)c1/N=N/c1ccc(/N=N/c2c(S(=O)(=O)O)cc3cc(S(=O)(=O)O)c(/N=N/c4ccc([N+](=O)[O-])cc4S(=O)(=O)O)c(O)c3c2O)c(C(=O)O)c1. The second-order valence-corrected chi connectivity index (χ2v) is 14.9. The molecule has 8 N–H and O–H groups in total. The predicted molar refractivity (Wildman–Crippen MR) is 181 cm³/mol. The molecule has 0 spiro atoms. The van der Waals surface area contributed by atoms with Crippen LogP contribution in [0.5, 0.6) is 17.4 Å². The van der Waals surface area contributed by atoms with Crippen molar-refractivity contribution in [2.45, 2.75) is 21.6 Å². The zero-order valence-corrected chi connectivity index (χ0v) is 29.2. The number of nitro groups is 1. The van der Waals surface area contributed by atoms with Crippen LogP contribution in [0.3, 0.4) is 0 Å². The zero-order valence-electron chi connectivity index (χ0n) is 26.7. The minimum atomic E-state index is -5.46. The summed E-state index contributed by atoms with van der Waals surface area (Å²) in [6, 6.07) is 5.78. The number of H-pyrrole nitrogens is 1. The van der Waals surface area contributed by atoms with E-state index in [9.17, 15) is 74.2 Å². The summed E-state index contributed by atoms with van der Waals surface area (Å²) in [5.74, 6) is -4.82. The number of aryl methyl sites for hydroxylation is 1. The summed E-state index contributed by atoms with van der Waals surface area (Å²) in [6.07, 6.45) is 0. The number of carboxylic acid groups (broad SMARTS) is 1. The number of hydrogen-bond donors (Lipinski definition) is 8. The molecule has 1 aromatic heterocycles. The average Bonchev–Trinajstić information content (AvgIpc) is 3.40. The lowest BCUT2D eigenvalue weighted by molar-refractivity contribution is -0.385. The van der Waals surface area contributed by atoms with Crippen molar-refractivity contribution in [3.8, 4) is 17.4 Å². The maximum absolute atomic E-state index is 12.4. The van der Waals surface area contributed by atoms with Crippen LogP contribution in [0.25, 0.3) is 10.8 Å². The molecule has 0 aliphatic rings. The second-order valence-electron chi connectivity index (χ2n) is 10.7. The summed E-state index contributed by atoms with van der Waals surface area (Å²) in [5, 5.41) is 79.0. The van der Waals surface area contributed by atoms with Gasteiger partial charge in [0.15, 0.2) is 17.2 Å². The van der Waals surface area contributed by atoms with Crippen LogP contribution in [0, 0.1) is 17.0 Å². The molecule has 0 aliphatic heterocycles. The lowest BCUT2D eigenvalue weighted by Crippen LogP contribution is -2.02. The Hall–Kier alpha value is -6.85. The molecule has 55 heavy (non-hydrogen) atoms. The standard InChI is InChI=1S/C27H19N9O16S3/c1-10-21(26(39)35-28-10)32-29-12-2-4-15(14(8-12)27(40)41)30-33-22-18(54(47,48)49)6-11-7-19(55(50,51)52)23(25(38)20(11)24(22)37)34-31-16-5-3-13(36(42)43)9-17(16)53(44,45)46/h2-9,37-38H,1H3,(H,40,41)(H2,28,35,39)(H,44,45,46)(H,47,48,49)(H,50,51,52)/b32-29+,33-30+,34-31+. The fourth-order valence-corrected chi connectivity index (χ4v) is 6.61.